The number of ether oxygens (including phenoxy) is 1. The van der Waals surface area contributed by atoms with Crippen LogP contribution in [0.1, 0.15) is 6.42 Å². The van der Waals surface area contributed by atoms with Gasteiger partial charge >= 0.3 is 0 Å². The molecule has 0 aromatic carbocycles. The molecule has 0 spiro atoms. The molecule has 0 amide bonds. The number of thioether (sulfide) groups is 1. The minimum Gasteiger partial charge on any atom is -0.382 e. The molecule has 0 unspecified atom stereocenters. The zero-order valence-electron chi connectivity index (χ0n) is 11.5. The van der Waals surface area contributed by atoms with Crippen molar-refractivity contribution in [2.75, 3.05) is 49.7 Å². The first kappa shape index (κ1) is 14.4. The maximum absolute atomic E-state index is 6.18. The average molecular weight is 314 g/mol. The number of nitrogens with zero attached hydrogens (tertiary/aromatic N) is 2. The van der Waals surface area contributed by atoms with Crippen LogP contribution in [0.4, 0.5) is 5.69 Å². The van der Waals surface area contributed by atoms with E-state index < -0.39 is 0 Å². The Kier molecular flexibility index (Phi) is 4.71. The van der Waals surface area contributed by atoms with E-state index in [1.54, 1.807) is 12.4 Å². The molecule has 1 N–H and O–H groups in total. The zero-order valence-corrected chi connectivity index (χ0v) is 13.1. The number of hydrogen-bond acceptors (Lipinski definition) is 5. The maximum Gasteiger partial charge on any atom is 0.0820 e. The van der Waals surface area contributed by atoms with Gasteiger partial charge in [-0.15, -0.1) is 0 Å². The van der Waals surface area contributed by atoms with Gasteiger partial charge in [-0.1, -0.05) is 11.6 Å². The molecule has 1 aromatic rings. The summed E-state index contributed by atoms with van der Waals surface area (Å²) in [6.45, 7) is 4.70. The molecule has 4 nitrogen and oxygen atoms in total. The van der Waals surface area contributed by atoms with Crippen LogP contribution in [0, 0.1) is 0 Å². The van der Waals surface area contributed by atoms with Crippen molar-refractivity contribution in [3.8, 4) is 0 Å². The van der Waals surface area contributed by atoms with Gasteiger partial charge in [0.15, 0.2) is 0 Å². The van der Waals surface area contributed by atoms with Crippen molar-refractivity contribution < 1.29 is 4.74 Å². The fraction of sp³-hybridized carbons (Fsp3) is 0.643. The molecule has 2 saturated heterocycles. The molecule has 1 aromatic heterocycles. The van der Waals surface area contributed by atoms with Crippen molar-refractivity contribution in [2.45, 2.75) is 12.0 Å². The molecule has 0 bridgehead atoms. The lowest BCUT2D eigenvalue weighted by molar-refractivity contribution is -0.00920. The first-order valence-electron chi connectivity index (χ1n) is 7.04. The van der Waals surface area contributed by atoms with Crippen LogP contribution in [0.25, 0.3) is 0 Å². The minimum absolute atomic E-state index is 0.237. The summed E-state index contributed by atoms with van der Waals surface area (Å²) in [5, 5.41) is 4.22. The minimum atomic E-state index is 0.237. The fourth-order valence-electron chi connectivity index (χ4n) is 2.91. The number of halogens is 1. The molecule has 2 aliphatic heterocycles. The maximum atomic E-state index is 6.18. The van der Waals surface area contributed by atoms with Crippen molar-refractivity contribution in [2.24, 2.45) is 0 Å². The highest BCUT2D eigenvalue weighted by Crippen LogP contribution is 2.34. The van der Waals surface area contributed by atoms with Gasteiger partial charge in [-0.05, 0) is 18.2 Å². The van der Waals surface area contributed by atoms with Crippen LogP contribution in [0.15, 0.2) is 18.5 Å². The summed E-state index contributed by atoms with van der Waals surface area (Å²) in [6, 6.07) is 1.94. The van der Waals surface area contributed by atoms with E-state index in [-0.39, 0.29) is 5.54 Å². The Hall–Kier alpha value is -0.490. The van der Waals surface area contributed by atoms with Gasteiger partial charge in [-0.25, -0.2) is 0 Å². The monoisotopic (exact) mass is 313 g/mol. The van der Waals surface area contributed by atoms with Crippen molar-refractivity contribution >= 4 is 29.1 Å². The van der Waals surface area contributed by atoms with Crippen LogP contribution >= 0.6 is 23.4 Å². The Balaban J connectivity index is 1.69. The van der Waals surface area contributed by atoms with E-state index in [0.29, 0.717) is 5.02 Å². The van der Waals surface area contributed by atoms with Gasteiger partial charge in [0.05, 0.1) is 23.9 Å². The van der Waals surface area contributed by atoms with Gasteiger partial charge in [-0.2, -0.15) is 11.8 Å². The van der Waals surface area contributed by atoms with Crippen molar-refractivity contribution in [1.82, 2.24) is 9.88 Å². The SMILES string of the molecule is Clc1cnccc1NC[C@]1(N2CCOCC2)CCSC1. The number of pyridine rings is 1. The Morgan fingerprint density at radius 3 is 3.00 bits per heavy atom. The smallest absolute Gasteiger partial charge is 0.0820 e. The molecule has 1 atom stereocenters. The van der Waals surface area contributed by atoms with Crippen LogP contribution in [0.5, 0.6) is 0 Å². The van der Waals surface area contributed by atoms with Crippen LogP contribution < -0.4 is 5.32 Å². The Morgan fingerprint density at radius 1 is 1.45 bits per heavy atom. The van der Waals surface area contributed by atoms with Gasteiger partial charge in [-0.3, -0.25) is 9.88 Å². The second kappa shape index (κ2) is 6.52. The van der Waals surface area contributed by atoms with Crippen molar-refractivity contribution in [3.05, 3.63) is 23.5 Å². The van der Waals surface area contributed by atoms with Gasteiger partial charge < -0.3 is 10.1 Å². The largest absolute Gasteiger partial charge is 0.382 e. The van der Waals surface area contributed by atoms with E-state index in [0.717, 1.165) is 38.5 Å². The number of rotatable bonds is 4. The van der Waals surface area contributed by atoms with E-state index in [4.69, 9.17) is 16.3 Å². The van der Waals surface area contributed by atoms with E-state index in [2.05, 4.69) is 15.2 Å². The predicted molar refractivity (Wildman–Crippen MR) is 84.8 cm³/mol. The number of anilines is 1. The fourth-order valence-corrected chi connectivity index (χ4v) is 4.58. The highest BCUT2D eigenvalue weighted by molar-refractivity contribution is 7.99. The molecule has 2 aliphatic rings. The highest BCUT2D eigenvalue weighted by atomic mass is 35.5. The predicted octanol–water partition coefficient (Wildman–Crippen LogP) is 2.35. The van der Waals surface area contributed by atoms with Crippen LogP contribution in [0.2, 0.25) is 5.02 Å². The topological polar surface area (TPSA) is 37.4 Å². The van der Waals surface area contributed by atoms with Crippen LogP contribution in [-0.4, -0.2) is 59.8 Å². The number of morpholine rings is 1. The summed E-state index contributed by atoms with van der Waals surface area (Å²) in [5.74, 6) is 2.42. The Labute approximate surface area is 129 Å². The summed E-state index contributed by atoms with van der Waals surface area (Å²) in [5.41, 5.74) is 1.22. The number of hydrogen-bond donors (Lipinski definition) is 1. The van der Waals surface area contributed by atoms with Gasteiger partial charge in [0.1, 0.15) is 0 Å². The summed E-state index contributed by atoms with van der Waals surface area (Å²) >= 11 is 8.22. The lowest BCUT2D eigenvalue weighted by Crippen LogP contribution is -2.57. The third kappa shape index (κ3) is 3.06. The van der Waals surface area contributed by atoms with Crippen LogP contribution in [0.3, 0.4) is 0 Å². The molecule has 0 saturated carbocycles. The normalized spacial score (nSPS) is 27.6. The molecule has 0 radical (unpaired) electrons. The lowest BCUT2D eigenvalue weighted by Gasteiger charge is -2.43. The number of nitrogens with one attached hydrogen (secondary N) is 1. The molecular weight excluding hydrogens is 294 g/mol. The second-order valence-electron chi connectivity index (χ2n) is 5.34. The van der Waals surface area contributed by atoms with E-state index in [1.165, 1.54) is 17.9 Å². The summed E-state index contributed by atoms with van der Waals surface area (Å²) in [4.78, 5) is 6.62. The van der Waals surface area contributed by atoms with Crippen LogP contribution in [-0.2, 0) is 4.74 Å². The number of aromatic nitrogens is 1. The van der Waals surface area contributed by atoms with Gasteiger partial charge in [0, 0.05) is 43.3 Å². The lowest BCUT2D eigenvalue weighted by atomic mass is 9.95. The van der Waals surface area contributed by atoms with Crippen molar-refractivity contribution in [3.63, 3.8) is 0 Å². The average Bonchev–Trinajstić information content (AvgIpc) is 2.98. The zero-order chi connectivity index (χ0) is 13.8. The van der Waals surface area contributed by atoms with Gasteiger partial charge in [0.25, 0.3) is 0 Å². The summed E-state index contributed by atoms with van der Waals surface area (Å²) in [6.07, 6.45) is 4.70. The molecule has 3 rings (SSSR count). The Bertz CT molecular complexity index is 448. The molecule has 20 heavy (non-hydrogen) atoms. The molecule has 0 aliphatic carbocycles. The highest BCUT2D eigenvalue weighted by Gasteiger charge is 2.40. The van der Waals surface area contributed by atoms with Gasteiger partial charge in [0.2, 0.25) is 0 Å². The third-order valence-electron chi connectivity index (χ3n) is 4.14. The first-order chi connectivity index (χ1) is 9.80. The quantitative estimate of drug-likeness (QED) is 0.923. The summed E-state index contributed by atoms with van der Waals surface area (Å²) in [7, 11) is 0. The first-order valence-corrected chi connectivity index (χ1v) is 8.57. The molecule has 6 heteroatoms. The Morgan fingerprint density at radius 2 is 2.30 bits per heavy atom. The molecule has 2 fully saturated rings. The molecule has 110 valence electrons. The summed E-state index contributed by atoms with van der Waals surface area (Å²) < 4.78 is 5.49. The third-order valence-corrected chi connectivity index (χ3v) is 5.68. The second-order valence-corrected chi connectivity index (χ2v) is 6.85. The molecular formula is C14H20ClN3OS. The van der Waals surface area contributed by atoms with E-state index >= 15 is 0 Å². The van der Waals surface area contributed by atoms with E-state index in [1.807, 2.05) is 17.8 Å². The van der Waals surface area contributed by atoms with Crippen molar-refractivity contribution in [1.29, 1.82) is 0 Å². The standard InChI is InChI=1S/C14H20ClN3OS/c15-12-9-16-3-1-13(12)17-10-14(2-8-20-11-14)18-4-6-19-7-5-18/h1,3,9H,2,4-8,10-11H2,(H,16,17)/t14-/m1/s1. The molecule has 3 heterocycles. The van der Waals surface area contributed by atoms with E-state index in [9.17, 15) is 0 Å².